The molecule has 0 bridgehead atoms. The zero-order valence-electron chi connectivity index (χ0n) is 10.6. The first kappa shape index (κ1) is 15.3. The van der Waals surface area contributed by atoms with E-state index in [1.165, 1.54) is 6.08 Å². The Morgan fingerprint density at radius 2 is 1.59 bits per heavy atom. The maximum atomic E-state index is 11.5. The van der Waals surface area contributed by atoms with Gasteiger partial charge in [-0.05, 0) is 19.9 Å². The van der Waals surface area contributed by atoms with Crippen LogP contribution in [0.4, 0.5) is 0 Å². The summed E-state index contributed by atoms with van der Waals surface area (Å²) in [7, 11) is 0. The zero-order chi connectivity index (χ0) is 12.9. The van der Waals surface area contributed by atoms with Crippen LogP contribution in [-0.2, 0) is 14.3 Å². The van der Waals surface area contributed by atoms with E-state index in [-0.39, 0.29) is 5.91 Å². The van der Waals surface area contributed by atoms with Gasteiger partial charge in [-0.15, -0.1) is 0 Å². The van der Waals surface area contributed by atoms with Gasteiger partial charge >= 0.3 is 0 Å². The Kier molecular flexibility index (Phi) is 9.71. The van der Waals surface area contributed by atoms with E-state index in [1.54, 1.807) is 29.6 Å². The summed E-state index contributed by atoms with van der Waals surface area (Å²) in [6.07, 6.45) is 8.11. The Labute approximate surface area is 103 Å². The van der Waals surface area contributed by atoms with Crippen molar-refractivity contribution in [2.75, 3.05) is 26.3 Å². The molecule has 0 rings (SSSR count). The highest BCUT2D eigenvalue weighted by Crippen LogP contribution is 1.93. The number of nitrogens with zero attached hydrogens (tertiary/aromatic N) is 1. The van der Waals surface area contributed by atoms with Crippen LogP contribution in [0.1, 0.15) is 13.8 Å². The largest absolute Gasteiger partial charge is 0.500 e. The molecule has 0 aromatic carbocycles. The molecule has 0 unspecified atom stereocenters. The first-order valence-electron chi connectivity index (χ1n) is 5.63. The first-order valence-corrected chi connectivity index (χ1v) is 5.63. The van der Waals surface area contributed by atoms with Gasteiger partial charge in [0.05, 0.1) is 25.6 Å². The van der Waals surface area contributed by atoms with Gasteiger partial charge in [-0.1, -0.05) is 18.7 Å². The van der Waals surface area contributed by atoms with Crippen LogP contribution in [0.15, 0.2) is 37.3 Å². The van der Waals surface area contributed by atoms with Gasteiger partial charge < -0.3 is 14.4 Å². The number of hydrogen-bond acceptors (Lipinski definition) is 3. The molecule has 0 saturated carbocycles. The van der Waals surface area contributed by atoms with E-state index in [4.69, 9.17) is 9.47 Å². The molecule has 0 aliphatic carbocycles. The number of carbonyl (C=O) groups excluding carboxylic acids is 1. The predicted molar refractivity (Wildman–Crippen MR) is 68.3 cm³/mol. The average molecular weight is 239 g/mol. The Morgan fingerprint density at radius 3 is 1.94 bits per heavy atom. The maximum absolute atomic E-state index is 11.5. The fourth-order valence-corrected chi connectivity index (χ4v) is 1.12. The Morgan fingerprint density at radius 1 is 1.12 bits per heavy atom. The van der Waals surface area contributed by atoms with Crippen LogP contribution in [0.2, 0.25) is 0 Å². The van der Waals surface area contributed by atoms with Gasteiger partial charge in [-0.25, -0.2) is 0 Å². The quantitative estimate of drug-likeness (QED) is 0.351. The summed E-state index contributed by atoms with van der Waals surface area (Å²) < 4.78 is 10.3. The summed E-state index contributed by atoms with van der Waals surface area (Å²) in [6, 6.07) is 0. The number of rotatable bonds is 9. The van der Waals surface area contributed by atoms with E-state index in [1.807, 2.05) is 13.8 Å². The third kappa shape index (κ3) is 8.13. The minimum absolute atomic E-state index is 0.113. The van der Waals surface area contributed by atoms with Gasteiger partial charge in [0.25, 0.3) is 0 Å². The number of hydrogen-bond donors (Lipinski definition) is 0. The summed E-state index contributed by atoms with van der Waals surface area (Å²) in [6.45, 7) is 9.19. The Bertz CT molecular complexity index is 254. The third-order valence-electron chi connectivity index (χ3n) is 1.91. The SMILES string of the molecule is C=CC(=O)N(CCOC=CC)CCOC=CC. The summed E-state index contributed by atoms with van der Waals surface area (Å²) in [5.41, 5.74) is 0. The van der Waals surface area contributed by atoms with Crippen LogP contribution in [0.5, 0.6) is 0 Å². The fraction of sp³-hybridized carbons (Fsp3) is 0.462. The predicted octanol–water partition coefficient (Wildman–Crippen LogP) is 2.10. The Balaban J connectivity index is 3.96. The molecule has 0 aliphatic heterocycles. The van der Waals surface area contributed by atoms with Crippen molar-refractivity contribution in [3.8, 4) is 0 Å². The second-order valence-corrected chi connectivity index (χ2v) is 3.21. The molecule has 0 atom stereocenters. The summed E-state index contributed by atoms with van der Waals surface area (Å²) in [5.74, 6) is -0.113. The highest BCUT2D eigenvalue weighted by Gasteiger charge is 2.09. The van der Waals surface area contributed by atoms with Crippen molar-refractivity contribution in [3.05, 3.63) is 37.3 Å². The van der Waals surface area contributed by atoms with Crippen LogP contribution in [0.3, 0.4) is 0 Å². The fourth-order valence-electron chi connectivity index (χ4n) is 1.12. The van der Waals surface area contributed by atoms with Gasteiger partial charge in [-0.2, -0.15) is 0 Å². The van der Waals surface area contributed by atoms with Crippen LogP contribution in [-0.4, -0.2) is 37.1 Å². The monoisotopic (exact) mass is 239 g/mol. The molecule has 4 heteroatoms. The molecule has 0 aromatic heterocycles. The van der Waals surface area contributed by atoms with E-state index in [0.29, 0.717) is 26.3 Å². The first-order chi connectivity index (χ1) is 8.26. The van der Waals surface area contributed by atoms with Gasteiger partial charge in [0.1, 0.15) is 13.2 Å². The number of ether oxygens (including phenoxy) is 2. The van der Waals surface area contributed by atoms with E-state index in [9.17, 15) is 4.79 Å². The molecule has 0 heterocycles. The highest BCUT2D eigenvalue weighted by molar-refractivity contribution is 5.86. The molecule has 17 heavy (non-hydrogen) atoms. The maximum Gasteiger partial charge on any atom is 0.246 e. The van der Waals surface area contributed by atoms with E-state index in [0.717, 1.165) is 0 Å². The van der Waals surface area contributed by atoms with Gasteiger partial charge in [0, 0.05) is 0 Å². The third-order valence-corrected chi connectivity index (χ3v) is 1.91. The second-order valence-electron chi connectivity index (χ2n) is 3.21. The van der Waals surface area contributed by atoms with Crippen LogP contribution in [0.25, 0.3) is 0 Å². The van der Waals surface area contributed by atoms with Crippen molar-refractivity contribution >= 4 is 5.91 Å². The molecular formula is C13H21NO3. The standard InChI is InChI=1S/C13H21NO3/c1-4-9-16-11-7-14(13(15)6-3)8-12-17-10-5-2/h4-6,9-10H,3,7-8,11-12H2,1-2H3. The van der Waals surface area contributed by atoms with Crippen molar-refractivity contribution in [3.63, 3.8) is 0 Å². The van der Waals surface area contributed by atoms with Gasteiger partial charge in [0.15, 0.2) is 0 Å². The lowest BCUT2D eigenvalue weighted by Crippen LogP contribution is -2.35. The van der Waals surface area contributed by atoms with Gasteiger partial charge in [-0.3, -0.25) is 4.79 Å². The smallest absolute Gasteiger partial charge is 0.246 e. The summed E-state index contributed by atoms with van der Waals surface area (Å²) in [4.78, 5) is 13.1. The molecular weight excluding hydrogens is 218 g/mol. The van der Waals surface area contributed by atoms with Crippen molar-refractivity contribution in [2.24, 2.45) is 0 Å². The molecule has 0 fully saturated rings. The minimum atomic E-state index is -0.113. The zero-order valence-corrected chi connectivity index (χ0v) is 10.6. The average Bonchev–Trinajstić information content (AvgIpc) is 2.36. The molecule has 0 spiro atoms. The molecule has 0 aromatic rings. The number of carbonyl (C=O) groups is 1. The van der Waals surface area contributed by atoms with E-state index in [2.05, 4.69) is 6.58 Å². The summed E-state index contributed by atoms with van der Waals surface area (Å²) >= 11 is 0. The van der Waals surface area contributed by atoms with Crippen molar-refractivity contribution < 1.29 is 14.3 Å². The van der Waals surface area contributed by atoms with Crippen LogP contribution in [0, 0.1) is 0 Å². The normalized spacial score (nSPS) is 10.7. The van der Waals surface area contributed by atoms with Crippen LogP contribution >= 0.6 is 0 Å². The van der Waals surface area contributed by atoms with Crippen molar-refractivity contribution in [2.45, 2.75) is 13.8 Å². The molecule has 0 N–H and O–H groups in total. The lowest BCUT2D eigenvalue weighted by Gasteiger charge is -2.20. The van der Waals surface area contributed by atoms with Crippen molar-refractivity contribution in [1.82, 2.24) is 4.90 Å². The Hall–Kier alpha value is -1.71. The number of allylic oxidation sites excluding steroid dienone is 2. The number of amides is 1. The van der Waals surface area contributed by atoms with Crippen molar-refractivity contribution in [1.29, 1.82) is 0 Å². The second kappa shape index (κ2) is 10.8. The van der Waals surface area contributed by atoms with E-state index >= 15 is 0 Å². The lowest BCUT2D eigenvalue weighted by molar-refractivity contribution is -0.127. The lowest BCUT2D eigenvalue weighted by atomic mass is 10.4. The van der Waals surface area contributed by atoms with E-state index < -0.39 is 0 Å². The molecule has 96 valence electrons. The minimum Gasteiger partial charge on any atom is -0.500 e. The van der Waals surface area contributed by atoms with Crippen LogP contribution < -0.4 is 0 Å². The molecule has 0 saturated heterocycles. The topological polar surface area (TPSA) is 38.8 Å². The highest BCUT2D eigenvalue weighted by atomic mass is 16.5. The molecule has 0 radical (unpaired) electrons. The molecule has 1 amide bonds. The molecule has 4 nitrogen and oxygen atoms in total. The summed E-state index contributed by atoms with van der Waals surface area (Å²) in [5, 5.41) is 0. The van der Waals surface area contributed by atoms with Gasteiger partial charge in [0.2, 0.25) is 5.91 Å². The molecule has 0 aliphatic rings.